The van der Waals surface area contributed by atoms with Crippen LogP contribution in [-0.4, -0.2) is 44.8 Å². The Morgan fingerprint density at radius 1 is 1.43 bits per heavy atom. The Bertz CT molecular complexity index is 862. The van der Waals surface area contributed by atoms with Crippen LogP contribution >= 0.6 is 27.3 Å². The van der Waals surface area contributed by atoms with Crippen molar-refractivity contribution >= 4 is 44.6 Å². The van der Waals surface area contributed by atoms with E-state index in [1.54, 1.807) is 10.8 Å². The summed E-state index contributed by atoms with van der Waals surface area (Å²) >= 11 is 4.81. The number of aromatic nitrogens is 4. The van der Waals surface area contributed by atoms with Gasteiger partial charge in [-0.3, -0.25) is 4.79 Å². The highest BCUT2D eigenvalue weighted by Crippen LogP contribution is 2.21. The molecule has 1 atom stereocenters. The first kappa shape index (κ1) is 14.6. The molecule has 0 aliphatic carbocycles. The topological polar surface area (TPSA) is 75.4 Å². The van der Waals surface area contributed by atoms with Crippen molar-refractivity contribution in [2.24, 2.45) is 0 Å². The molecule has 118 valence electrons. The van der Waals surface area contributed by atoms with Crippen molar-refractivity contribution < 1.29 is 4.79 Å². The first-order chi connectivity index (χ1) is 11.2. The maximum atomic E-state index is 12.2. The normalized spacial score (nSPS) is 17.8. The van der Waals surface area contributed by atoms with Crippen LogP contribution in [0, 0.1) is 0 Å². The van der Waals surface area contributed by atoms with E-state index in [4.69, 9.17) is 0 Å². The molecule has 0 radical (unpaired) electrons. The number of amides is 1. The summed E-state index contributed by atoms with van der Waals surface area (Å²) in [5, 5.41) is 17.3. The smallest absolute Gasteiger partial charge is 0.261 e. The van der Waals surface area contributed by atoms with E-state index in [2.05, 4.69) is 41.4 Å². The molecule has 9 heteroatoms. The van der Waals surface area contributed by atoms with Gasteiger partial charge in [-0.2, -0.15) is 4.52 Å². The van der Waals surface area contributed by atoms with Crippen molar-refractivity contribution in [2.45, 2.75) is 12.5 Å². The minimum Gasteiger partial charge on any atom is -0.353 e. The summed E-state index contributed by atoms with van der Waals surface area (Å²) in [5.74, 6) is 0.850. The van der Waals surface area contributed by atoms with E-state index in [9.17, 15) is 4.79 Å². The second kappa shape index (κ2) is 5.89. The zero-order chi connectivity index (χ0) is 15.8. The average molecular weight is 393 g/mol. The lowest BCUT2D eigenvalue weighted by atomic mass is 10.2. The number of hydrogen-bond donors (Lipinski definition) is 1. The fourth-order valence-corrected chi connectivity index (χ4v) is 3.99. The van der Waals surface area contributed by atoms with E-state index in [1.807, 2.05) is 23.6 Å². The van der Waals surface area contributed by atoms with Crippen LogP contribution in [0.15, 0.2) is 34.4 Å². The Balaban J connectivity index is 1.43. The van der Waals surface area contributed by atoms with Gasteiger partial charge in [-0.1, -0.05) is 0 Å². The number of thiophene rings is 1. The Morgan fingerprint density at radius 2 is 2.35 bits per heavy atom. The quantitative estimate of drug-likeness (QED) is 0.737. The van der Waals surface area contributed by atoms with Crippen molar-refractivity contribution in [3.63, 3.8) is 0 Å². The van der Waals surface area contributed by atoms with Gasteiger partial charge in [0.15, 0.2) is 5.65 Å². The van der Waals surface area contributed by atoms with Crippen LogP contribution in [0.4, 0.5) is 5.82 Å². The third-order valence-electron chi connectivity index (χ3n) is 3.79. The third-order valence-corrected chi connectivity index (χ3v) is 5.48. The largest absolute Gasteiger partial charge is 0.353 e. The number of rotatable bonds is 3. The Morgan fingerprint density at radius 3 is 3.17 bits per heavy atom. The van der Waals surface area contributed by atoms with Gasteiger partial charge < -0.3 is 10.2 Å². The van der Waals surface area contributed by atoms with Crippen LogP contribution in [0.5, 0.6) is 0 Å². The lowest BCUT2D eigenvalue weighted by Gasteiger charge is -2.17. The van der Waals surface area contributed by atoms with Crippen LogP contribution in [0.3, 0.4) is 0 Å². The molecular formula is C14H13BrN6OS. The molecule has 0 saturated carbocycles. The lowest BCUT2D eigenvalue weighted by Crippen LogP contribution is -2.36. The molecule has 0 spiro atoms. The van der Waals surface area contributed by atoms with Crippen molar-refractivity contribution in [3.8, 4) is 0 Å². The van der Waals surface area contributed by atoms with E-state index < -0.39 is 0 Å². The molecule has 23 heavy (non-hydrogen) atoms. The molecule has 7 nitrogen and oxygen atoms in total. The van der Waals surface area contributed by atoms with E-state index in [-0.39, 0.29) is 11.9 Å². The zero-order valence-corrected chi connectivity index (χ0v) is 14.4. The third kappa shape index (κ3) is 2.93. The molecular weight excluding hydrogens is 380 g/mol. The lowest BCUT2D eigenvalue weighted by molar-refractivity contribution is 0.0944. The molecule has 3 aromatic rings. The molecule has 1 unspecified atom stereocenters. The van der Waals surface area contributed by atoms with Gasteiger partial charge in [0.25, 0.3) is 5.91 Å². The monoisotopic (exact) mass is 392 g/mol. The summed E-state index contributed by atoms with van der Waals surface area (Å²) in [4.78, 5) is 15.1. The fourth-order valence-electron chi connectivity index (χ4n) is 2.66. The van der Waals surface area contributed by atoms with Crippen molar-refractivity contribution in [2.75, 3.05) is 18.0 Å². The molecule has 3 aromatic heterocycles. The van der Waals surface area contributed by atoms with Crippen LogP contribution in [0.25, 0.3) is 5.65 Å². The molecule has 1 fully saturated rings. The maximum absolute atomic E-state index is 12.2. The van der Waals surface area contributed by atoms with E-state index in [0.717, 1.165) is 40.3 Å². The number of hydrogen-bond acceptors (Lipinski definition) is 6. The molecule has 4 rings (SSSR count). The van der Waals surface area contributed by atoms with Crippen molar-refractivity contribution in [1.29, 1.82) is 0 Å². The van der Waals surface area contributed by atoms with Crippen LogP contribution in [0.2, 0.25) is 0 Å². The Kier molecular flexibility index (Phi) is 3.74. The highest BCUT2D eigenvalue weighted by Gasteiger charge is 2.25. The van der Waals surface area contributed by atoms with Gasteiger partial charge in [0.1, 0.15) is 12.1 Å². The van der Waals surface area contributed by atoms with E-state index in [1.165, 1.54) is 11.3 Å². The second-order valence-electron chi connectivity index (χ2n) is 5.36. The number of anilines is 1. The second-order valence-corrected chi connectivity index (χ2v) is 7.19. The summed E-state index contributed by atoms with van der Waals surface area (Å²) in [5.41, 5.74) is 0.723. The first-order valence-corrected chi connectivity index (χ1v) is 8.83. The Labute approximate surface area is 144 Å². The summed E-state index contributed by atoms with van der Waals surface area (Å²) in [6.07, 6.45) is 2.49. The zero-order valence-electron chi connectivity index (χ0n) is 12.0. The molecule has 4 heterocycles. The maximum Gasteiger partial charge on any atom is 0.261 e. The number of halogens is 1. The summed E-state index contributed by atoms with van der Waals surface area (Å²) in [6, 6.07) is 5.80. The predicted molar refractivity (Wildman–Crippen MR) is 90.9 cm³/mol. The first-order valence-electron chi connectivity index (χ1n) is 7.16. The molecule has 1 saturated heterocycles. The minimum atomic E-state index is -0.0187. The number of carbonyl (C=O) groups is 1. The minimum absolute atomic E-state index is 0.0187. The highest BCUT2D eigenvalue weighted by molar-refractivity contribution is 9.10. The summed E-state index contributed by atoms with van der Waals surface area (Å²) in [6.45, 7) is 1.61. The van der Waals surface area contributed by atoms with Crippen LogP contribution in [0.1, 0.15) is 16.1 Å². The highest BCUT2D eigenvalue weighted by atomic mass is 79.9. The van der Waals surface area contributed by atoms with Crippen LogP contribution in [-0.2, 0) is 0 Å². The predicted octanol–water partition coefficient (Wildman–Crippen LogP) is 1.96. The standard InChI is InChI=1S/C14H13BrN6OS/c15-9-5-11(23-7-9)14(22)17-10-3-4-20(6-10)13-2-1-12-18-16-8-21(12)19-13/h1-2,5,7-8,10H,3-4,6H2,(H,17,22). The van der Waals surface area contributed by atoms with Crippen LogP contribution < -0.4 is 10.2 Å². The molecule has 1 N–H and O–H groups in total. The van der Waals surface area contributed by atoms with Gasteiger partial charge in [-0.25, -0.2) is 0 Å². The van der Waals surface area contributed by atoms with Gasteiger partial charge >= 0.3 is 0 Å². The van der Waals surface area contributed by atoms with Gasteiger partial charge in [-0.15, -0.1) is 26.6 Å². The SMILES string of the molecule is O=C(NC1CCN(c2ccc3nncn3n2)C1)c1cc(Br)cs1. The van der Waals surface area contributed by atoms with Gasteiger partial charge in [-0.05, 0) is 40.5 Å². The number of fused-ring (bicyclic) bond motifs is 1. The molecule has 1 aliphatic heterocycles. The molecule has 1 aliphatic rings. The average Bonchev–Trinajstić information content (AvgIpc) is 3.26. The Hall–Kier alpha value is -2.00. The van der Waals surface area contributed by atoms with E-state index in [0.29, 0.717) is 0 Å². The van der Waals surface area contributed by atoms with Crippen molar-refractivity contribution in [1.82, 2.24) is 25.1 Å². The molecule has 1 amide bonds. The number of nitrogens with zero attached hydrogens (tertiary/aromatic N) is 5. The fraction of sp³-hybridized carbons (Fsp3) is 0.286. The van der Waals surface area contributed by atoms with E-state index >= 15 is 0 Å². The van der Waals surface area contributed by atoms with Crippen molar-refractivity contribution in [3.05, 3.63) is 39.3 Å². The summed E-state index contributed by atoms with van der Waals surface area (Å²) < 4.78 is 2.59. The number of carbonyl (C=O) groups excluding carboxylic acids is 1. The van der Waals surface area contributed by atoms with Gasteiger partial charge in [0, 0.05) is 29.0 Å². The van der Waals surface area contributed by atoms with Gasteiger partial charge in [0.2, 0.25) is 0 Å². The molecule has 0 aromatic carbocycles. The summed E-state index contributed by atoms with van der Waals surface area (Å²) in [7, 11) is 0. The number of nitrogens with one attached hydrogen (secondary N) is 1. The molecule has 0 bridgehead atoms. The van der Waals surface area contributed by atoms with Gasteiger partial charge in [0.05, 0.1) is 4.88 Å².